The van der Waals surface area contributed by atoms with Crippen molar-refractivity contribution in [2.75, 3.05) is 38.3 Å². The number of carbonyl (C=O) groups excluding carboxylic acids is 1. The van der Waals surface area contributed by atoms with Gasteiger partial charge in [-0.25, -0.2) is 0 Å². The first-order valence-corrected chi connectivity index (χ1v) is 9.14. The summed E-state index contributed by atoms with van der Waals surface area (Å²) in [5, 5.41) is 0. The van der Waals surface area contributed by atoms with E-state index in [4.69, 9.17) is 4.74 Å². The minimum Gasteiger partial charge on any atom is -0.379 e. The summed E-state index contributed by atoms with van der Waals surface area (Å²) < 4.78 is 6.53. The number of amides is 1. The van der Waals surface area contributed by atoms with Crippen molar-refractivity contribution in [3.63, 3.8) is 0 Å². The number of morpholine rings is 1. The quantitative estimate of drug-likeness (QED) is 0.689. The number of hydrogen-bond donors (Lipinski definition) is 0. The fraction of sp³-hybridized carbons (Fsp3) is 0.316. The zero-order valence-corrected chi connectivity index (χ0v) is 15.9. The number of nitrogens with zero attached hydrogens (tertiary/aromatic N) is 2. The second-order valence-electron chi connectivity index (χ2n) is 5.93. The molecule has 2 aromatic carbocycles. The van der Waals surface area contributed by atoms with Crippen LogP contribution in [0.15, 0.2) is 48.5 Å². The number of hydrogen-bond acceptors (Lipinski definition) is 3. The van der Waals surface area contributed by atoms with E-state index in [9.17, 15) is 4.79 Å². The van der Waals surface area contributed by atoms with Gasteiger partial charge >= 0.3 is 0 Å². The summed E-state index contributed by atoms with van der Waals surface area (Å²) >= 11 is 2.26. The molecule has 1 aliphatic rings. The number of rotatable bonds is 4. The van der Waals surface area contributed by atoms with Crippen LogP contribution in [0, 0.1) is 3.57 Å². The lowest BCUT2D eigenvalue weighted by molar-refractivity contribution is 0.0342. The Bertz CT molecular complexity index is 680. The van der Waals surface area contributed by atoms with Crippen LogP contribution < -0.4 is 4.90 Å². The standard InChI is InChI=1S/C19H21IN2O2/c1-21(18-8-6-17(20)7-9-18)19(23)16-4-2-15(3-5-16)14-22-10-12-24-13-11-22/h2-9H,10-14H2,1H3. The van der Waals surface area contributed by atoms with Crippen molar-refractivity contribution in [1.29, 1.82) is 0 Å². The molecule has 0 unspecified atom stereocenters. The van der Waals surface area contributed by atoms with E-state index in [-0.39, 0.29) is 5.91 Å². The van der Waals surface area contributed by atoms with Crippen LogP contribution in [0.2, 0.25) is 0 Å². The third kappa shape index (κ3) is 4.34. The molecule has 126 valence electrons. The highest BCUT2D eigenvalue weighted by Gasteiger charge is 2.14. The number of anilines is 1. The molecule has 4 nitrogen and oxygen atoms in total. The summed E-state index contributed by atoms with van der Waals surface area (Å²) in [5.74, 6) is 0.00845. The summed E-state index contributed by atoms with van der Waals surface area (Å²) in [6, 6.07) is 15.9. The van der Waals surface area contributed by atoms with Gasteiger partial charge in [0.2, 0.25) is 0 Å². The van der Waals surface area contributed by atoms with Crippen LogP contribution in [-0.4, -0.2) is 44.2 Å². The van der Waals surface area contributed by atoms with E-state index in [1.165, 1.54) is 5.56 Å². The van der Waals surface area contributed by atoms with Gasteiger partial charge in [0.25, 0.3) is 5.91 Å². The molecule has 24 heavy (non-hydrogen) atoms. The van der Waals surface area contributed by atoms with Gasteiger partial charge in [-0.05, 0) is 64.6 Å². The number of ether oxygens (including phenoxy) is 1. The fourth-order valence-electron chi connectivity index (χ4n) is 2.75. The van der Waals surface area contributed by atoms with Crippen molar-refractivity contribution in [2.45, 2.75) is 6.54 Å². The molecule has 0 spiro atoms. The van der Waals surface area contributed by atoms with Gasteiger partial charge in [-0.15, -0.1) is 0 Å². The minimum absolute atomic E-state index is 0.00845. The normalized spacial score (nSPS) is 15.2. The van der Waals surface area contributed by atoms with Gasteiger partial charge in [0, 0.05) is 41.5 Å². The second-order valence-corrected chi connectivity index (χ2v) is 7.17. The Kier molecular flexibility index (Phi) is 5.86. The number of carbonyl (C=O) groups is 1. The Morgan fingerprint density at radius 3 is 2.33 bits per heavy atom. The minimum atomic E-state index is 0.00845. The molecular formula is C19H21IN2O2. The Morgan fingerprint density at radius 1 is 1.08 bits per heavy atom. The summed E-state index contributed by atoms with van der Waals surface area (Å²) in [4.78, 5) is 16.7. The lowest BCUT2D eigenvalue weighted by atomic mass is 10.1. The summed E-state index contributed by atoms with van der Waals surface area (Å²) in [7, 11) is 1.81. The van der Waals surface area contributed by atoms with E-state index in [1.807, 2.05) is 55.6 Å². The second kappa shape index (κ2) is 8.09. The zero-order valence-electron chi connectivity index (χ0n) is 13.7. The van der Waals surface area contributed by atoms with E-state index in [1.54, 1.807) is 4.90 Å². The number of halogens is 1. The Hall–Kier alpha value is -1.44. The van der Waals surface area contributed by atoms with E-state index in [0.717, 1.165) is 42.1 Å². The number of benzene rings is 2. The van der Waals surface area contributed by atoms with Crippen molar-refractivity contribution in [3.05, 3.63) is 63.2 Å². The predicted octanol–water partition coefficient (Wildman–Crippen LogP) is 3.40. The monoisotopic (exact) mass is 436 g/mol. The van der Waals surface area contributed by atoms with E-state index >= 15 is 0 Å². The van der Waals surface area contributed by atoms with Crippen LogP contribution >= 0.6 is 22.6 Å². The van der Waals surface area contributed by atoms with Gasteiger partial charge in [-0.2, -0.15) is 0 Å². The highest BCUT2D eigenvalue weighted by molar-refractivity contribution is 14.1. The van der Waals surface area contributed by atoms with Gasteiger partial charge in [0.1, 0.15) is 0 Å². The molecule has 0 bridgehead atoms. The smallest absolute Gasteiger partial charge is 0.258 e. The third-order valence-electron chi connectivity index (χ3n) is 4.23. The lowest BCUT2D eigenvalue weighted by Gasteiger charge is -2.26. The topological polar surface area (TPSA) is 32.8 Å². The maximum atomic E-state index is 12.6. The van der Waals surface area contributed by atoms with Crippen LogP contribution in [0.1, 0.15) is 15.9 Å². The molecule has 2 aromatic rings. The Labute approximate surface area is 156 Å². The fourth-order valence-corrected chi connectivity index (χ4v) is 3.11. The van der Waals surface area contributed by atoms with Crippen LogP contribution in [0.25, 0.3) is 0 Å². The molecule has 1 heterocycles. The third-order valence-corrected chi connectivity index (χ3v) is 4.95. The van der Waals surface area contributed by atoms with Gasteiger partial charge in [-0.3, -0.25) is 9.69 Å². The Morgan fingerprint density at radius 2 is 1.71 bits per heavy atom. The van der Waals surface area contributed by atoms with Gasteiger partial charge in [-0.1, -0.05) is 12.1 Å². The van der Waals surface area contributed by atoms with Crippen molar-refractivity contribution in [3.8, 4) is 0 Å². The summed E-state index contributed by atoms with van der Waals surface area (Å²) in [6.07, 6.45) is 0. The lowest BCUT2D eigenvalue weighted by Crippen LogP contribution is -2.35. The first kappa shape index (κ1) is 17.4. The van der Waals surface area contributed by atoms with Gasteiger partial charge < -0.3 is 9.64 Å². The maximum absolute atomic E-state index is 12.6. The molecule has 1 fully saturated rings. The van der Waals surface area contributed by atoms with Crippen molar-refractivity contribution in [1.82, 2.24) is 4.90 Å². The van der Waals surface area contributed by atoms with Crippen LogP contribution in [0.4, 0.5) is 5.69 Å². The predicted molar refractivity (Wildman–Crippen MR) is 104 cm³/mol. The van der Waals surface area contributed by atoms with Crippen LogP contribution in [0.5, 0.6) is 0 Å². The van der Waals surface area contributed by atoms with E-state index in [0.29, 0.717) is 5.56 Å². The van der Waals surface area contributed by atoms with Crippen LogP contribution in [-0.2, 0) is 11.3 Å². The molecule has 0 N–H and O–H groups in total. The zero-order chi connectivity index (χ0) is 16.9. The molecule has 0 atom stereocenters. The van der Waals surface area contributed by atoms with Crippen molar-refractivity contribution >= 4 is 34.2 Å². The van der Waals surface area contributed by atoms with Crippen LogP contribution in [0.3, 0.4) is 0 Å². The molecule has 1 amide bonds. The molecule has 0 aromatic heterocycles. The average molecular weight is 436 g/mol. The van der Waals surface area contributed by atoms with Crippen molar-refractivity contribution in [2.24, 2.45) is 0 Å². The highest BCUT2D eigenvalue weighted by atomic mass is 127. The van der Waals surface area contributed by atoms with E-state index < -0.39 is 0 Å². The molecule has 0 saturated carbocycles. The maximum Gasteiger partial charge on any atom is 0.258 e. The largest absolute Gasteiger partial charge is 0.379 e. The SMILES string of the molecule is CN(C(=O)c1ccc(CN2CCOCC2)cc1)c1ccc(I)cc1. The summed E-state index contributed by atoms with van der Waals surface area (Å²) in [6.45, 7) is 4.45. The molecule has 0 radical (unpaired) electrons. The van der Waals surface area contributed by atoms with Gasteiger partial charge in [0.15, 0.2) is 0 Å². The average Bonchev–Trinajstić information content (AvgIpc) is 2.63. The van der Waals surface area contributed by atoms with Gasteiger partial charge in [0.05, 0.1) is 13.2 Å². The molecular weight excluding hydrogens is 415 g/mol. The summed E-state index contributed by atoms with van der Waals surface area (Å²) in [5.41, 5.74) is 2.84. The van der Waals surface area contributed by atoms with E-state index in [2.05, 4.69) is 27.5 Å². The molecule has 1 saturated heterocycles. The Balaban J connectivity index is 1.65. The molecule has 3 rings (SSSR count). The highest BCUT2D eigenvalue weighted by Crippen LogP contribution is 2.18. The first-order chi connectivity index (χ1) is 11.6. The molecule has 0 aliphatic carbocycles. The first-order valence-electron chi connectivity index (χ1n) is 8.06. The molecule has 5 heteroatoms. The van der Waals surface area contributed by atoms with Crippen molar-refractivity contribution < 1.29 is 9.53 Å². The molecule has 1 aliphatic heterocycles.